The molecule has 6 aromatic rings. The first-order valence-electron chi connectivity index (χ1n) is 12.6. The minimum atomic E-state index is -0.0816. The molecular weight excluding hydrogens is 434 g/mol. The summed E-state index contributed by atoms with van der Waals surface area (Å²) in [5, 5.41) is 8.77. The maximum Gasteiger partial charge on any atom is 0.0463 e. The van der Waals surface area contributed by atoms with Crippen LogP contribution in [0.15, 0.2) is 121 Å². The molecule has 0 amide bonds. The largest absolute Gasteiger partial charge is 0.355 e. The number of fused-ring (bicyclic) bond motifs is 5. The van der Waals surface area contributed by atoms with Crippen molar-refractivity contribution in [3.05, 3.63) is 132 Å². The standard InChI is InChI=1S/C35H27N/c1-35(2)32-21-25(28-15-7-11-23-9-3-5-13-27(23)28)17-19-30(32)31-20-18-26(22-33(31)35)36-34-16-8-12-24-10-4-6-14-29(24)34/h3-22,36H,1-2H3. The van der Waals surface area contributed by atoms with Gasteiger partial charge in [0.2, 0.25) is 0 Å². The van der Waals surface area contributed by atoms with E-state index in [1.54, 1.807) is 0 Å². The van der Waals surface area contributed by atoms with Crippen molar-refractivity contribution < 1.29 is 0 Å². The maximum atomic E-state index is 3.70. The molecule has 0 saturated heterocycles. The van der Waals surface area contributed by atoms with Crippen LogP contribution in [0.2, 0.25) is 0 Å². The second kappa shape index (κ2) is 7.83. The minimum absolute atomic E-state index is 0.0816. The van der Waals surface area contributed by atoms with Crippen LogP contribution in [0.3, 0.4) is 0 Å². The van der Waals surface area contributed by atoms with Crippen molar-refractivity contribution in [1.82, 2.24) is 0 Å². The molecular formula is C35H27N. The van der Waals surface area contributed by atoms with Crippen molar-refractivity contribution in [1.29, 1.82) is 0 Å². The van der Waals surface area contributed by atoms with E-state index in [4.69, 9.17) is 0 Å². The third kappa shape index (κ3) is 3.17. The monoisotopic (exact) mass is 461 g/mol. The van der Waals surface area contributed by atoms with Gasteiger partial charge in [0.15, 0.2) is 0 Å². The van der Waals surface area contributed by atoms with E-state index in [0.29, 0.717) is 0 Å². The molecule has 36 heavy (non-hydrogen) atoms. The third-order valence-corrected chi connectivity index (χ3v) is 7.85. The zero-order valence-corrected chi connectivity index (χ0v) is 20.5. The van der Waals surface area contributed by atoms with Crippen molar-refractivity contribution >= 4 is 32.9 Å². The molecule has 7 rings (SSSR count). The van der Waals surface area contributed by atoms with Gasteiger partial charge in [-0.25, -0.2) is 0 Å². The number of hydrogen-bond donors (Lipinski definition) is 1. The highest BCUT2D eigenvalue weighted by atomic mass is 14.9. The number of rotatable bonds is 3. The smallest absolute Gasteiger partial charge is 0.0463 e. The molecule has 0 heterocycles. The van der Waals surface area contributed by atoms with Crippen molar-refractivity contribution in [3.63, 3.8) is 0 Å². The summed E-state index contributed by atoms with van der Waals surface area (Å²) in [7, 11) is 0. The lowest BCUT2D eigenvalue weighted by Crippen LogP contribution is -2.15. The number of benzene rings is 6. The molecule has 1 N–H and O–H groups in total. The molecule has 1 aliphatic carbocycles. The van der Waals surface area contributed by atoms with Gasteiger partial charge in [0, 0.05) is 22.2 Å². The highest BCUT2D eigenvalue weighted by molar-refractivity contribution is 5.98. The lowest BCUT2D eigenvalue weighted by Gasteiger charge is -2.23. The quantitative estimate of drug-likeness (QED) is 0.276. The van der Waals surface area contributed by atoms with E-state index in [0.717, 1.165) is 11.4 Å². The third-order valence-electron chi connectivity index (χ3n) is 7.85. The SMILES string of the molecule is CC1(C)c2cc(Nc3cccc4ccccc34)ccc2-c2ccc(-c3cccc4ccccc34)cc21. The maximum absolute atomic E-state index is 3.70. The first-order chi connectivity index (χ1) is 17.6. The van der Waals surface area contributed by atoms with Crippen LogP contribution in [0.25, 0.3) is 43.8 Å². The van der Waals surface area contributed by atoms with Crippen LogP contribution in [0.1, 0.15) is 25.0 Å². The summed E-state index contributed by atoms with van der Waals surface area (Å²) < 4.78 is 0. The van der Waals surface area contributed by atoms with E-state index < -0.39 is 0 Å². The van der Waals surface area contributed by atoms with Crippen LogP contribution in [0, 0.1) is 0 Å². The van der Waals surface area contributed by atoms with E-state index >= 15 is 0 Å². The van der Waals surface area contributed by atoms with E-state index in [1.807, 2.05) is 0 Å². The van der Waals surface area contributed by atoms with Gasteiger partial charge in [-0.15, -0.1) is 0 Å². The molecule has 0 unspecified atom stereocenters. The van der Waals surface area contributed by atoms with E-state index in [9.17, 15) is 0 Å². The predicted molar refractivity (Wildman–Crippen MR) is 154 cm³/mol. The summed E-state index contributed by atoms with van der Waals surface area (Å²) in [4.78, 5) is 0. The fourth-order valence-corrected chi connectivity index (χ4v) is 5.95. The Morgan fingerprint density at radius 2 is 1.11 bits per heavy atom. The Morgan fingerprint density at radius 3 is 1.92 bits per heavy atom. The summed E-state index contributed by atoms with van der Waals surface area (Å²) in [5.74, 6) is 0. The van der Waals surface area contributed by atoms with Gasteiger partial charge < -0.3 is 5.32 Å². The normalized spacial score (nSPS) is 13.5. The van der Waals surface area contributed by atoms with Crippen molar-refractivity contribution in [2.45, 2.75) is 19.3 Å². The molecule has 6 aromatic carbocycles. The van der Waals surface area contributed by atoms with Crippen molar-refractivity contribution in [2.75, 3.05) is 5.32 Å². The van der Waals surface area contributed by atoms with Crippen LogP contribution in [0.5, 0.6) is 0 Å². The van der Waals surface area contributed by atoms with Gasteiger partial charge in [-0.3, -0.25) is 0 Å². The topological polar surface area (TPSA) is 12.0 Å². The van der Waals surface area contributed by atoms with E-state index in [1.165, 1.54) is 54.9 Å². The Labute approximate surface area is 212 Å². The molecule has 0 bridgehead atoms. The van der Waals surface area contributed by atoms with E-state index in [-0.39, 0.29) is 5.41 Å². The van der Waals surface area contributed by atoms with E-state index in [2.05, 4.69) is 140 Å². The molecule has 0 spiro atoms. The molecule has 172 valence electrons. The summed E-state index contributed by atoms with van der Waals surface area (Å²) in [6.07, 6.45) is 0. The van der Waals surface area contributed by atoms with Gasteiger partial charge in [0.25, 0.3) is 0 Å². The fraction of sp³-hybridized carbons (Fsp3) is 0.0857. The highest BCUT2D eigenvalue weighted by Crippen LogP contribution is 2.50. The number of anilines is 2. The first-order valence-corrected chi connectivity index (χ1v) is 12.6. The van der Waals surface area contributed by atoms with Crippen LogP contribution >= 0.6 is 0 Å². The van der Waals surface area contributed by atoms with Crippen LogP contribution in [0.4, 0.5) is 11.4 Å². The Kier molecular flexibility index (Phi) is 4.56. The van der Waals surface area contributed by atoms with Gasteiger partial charge in [0.1, 0.15) is 0 Å². The molecule has 0 aromatic heterocycles. The lowest BCUT2D eigenvalue weighted by atomic mass is 9.81. The first kappa shape index (κ1) is 21.0. The van der Waals surface area contributed by atoms with Gasteiger partial charge in [0.05, 0.1) is 0 Å². The van der Waals surface area contributed by atoms with Crippen molar-refractivity contribution in [2.24, 2.45) is 0 Å². The second-order valence-corrected chi connectivity index (χ2v) is 10.3. The zero-order chi connectivity index (χ0) is 24.3. The average Bonchev–Trinajstić information content (AvgIpc) is 3.14. The molecule has 1 nitrogen and oxygen atoms in total. The van der Waals surface area contributed by atoms with Gasteiger partial charge in [-0.05, 0) is 73.8 Å². The van der Waals surface area contributed by atoms with Gasteiger partial charge in [-0.2, -0.15) is 0 Å². The molecule has 0 radical (unpaired) electrons. The number of nitrogens with one attached hydrogen (secondary N) is 1. The lowest BCUT2D eigenvalue weighted by molar-refractivity contribution is 0.661. The average molecular weight is 462 g/mol. The van der Waals surface area contributed by atoms with Gasteiger partial charge >= 0.3 is 0 Å². The van der Waals surface area contributed by atoms with Gasteiger partial charge in [-0.1, -0.05) is 111 Å². The van der Waals surface area contributed by atoms with Crippen LogP contribution in [-0.2, 0) is 5.41 Å². The minimum Gasteiger partial charge on any atom is -0.355 e. The Morgan fingerprint density at radius 1 is 0.500 bits per heavy atom. The molecule has 0 saturated carbocycles. The number of hydrogen-bond acceptors (Lipinski definition) is 1. The van der Waals surface area contributed by atoms with Crippen molar-refractivity contribution in [3.8, 4) is 22.3 Å². The molecule has 0 aliphatic heterocycles. The Hall–Kier alpha value is -4.36. The second-order valence-electron chi connectivity index (χ2n) is 10.3. The molecule has 1 heteroatoms. The molecule has 0 fully saturated rings. The predicted octanol–water partition coefficient (Wildman–Crippen LogP) is 9.71. The summed E-state index contributed by atoms with van der Waals surface area (Å²) in [6, 6.07) is 44.1. The Bertz CT molecular complexity index is 1780. The fourth-order valence-electron chi connectivity index (χ4n) is 5.95. The summed E-state index contributed by atoms with van der Waals surface area (Å²) in [6.45, 7) is 4.71. The summed E-state index contributed by atoms with van der Waals surface area (Å²) >= 11 is 0. The van der Waals surface area contributed by atoms with Crippen LogP contribution < -0.4 is 5.32 Å². The summed E-state index contributed by atoms with van der Waals surface area (Å²) in [5.41, 5.74) is 10.2. The highest BCUT2D eigenvalue weighted by Gasteiger charge is 2.35. The van der Waals surface area contributed by atoms with Crippen LogP contribution in [-0.4, -0.2) is 0 Å². The Balaban J connectivity index is 1.30. The molecule has 0 atom stereocenters. The zero-order valence-electron chi connectivity index (χ0n) is 20.5. The molecule has 1 aliphatic rings.